The minimum Gasteiger partial charge on any atom is -0.482 e. The van der Waals surface area contributed by atoms with Gasteiger partial charge in [0, 0.05) is 42.9 Å². The highest BCUT2D eigenvalue weighted by Gasteiger charge is 2.38. The van der Waals surface area contributed by atoms with E-state index in [1.807, 2.05) is 37.0 Å². The molecule has 5 rings (SSSR count). The molecule has 2 aromatic rings. The lowest BCUT2D eigenvalue weighted by Crippen LogP contribution is -2.50. The van der Waals surface area contributed by atoms with E-state index < -0.39 is 11.4 Å². The van der Waals surface area contributed by atoms with Gasteiger partial charge in [-0.3, -0.25) is 19.3 Å². The van der Waals surface area contributed by atoms with Gasteiger partial charge < -0.3 is 19.7 Å². The van der Waals surface area contributed by atoms with Crippen LogP contribution in [0.1, 0.15) is 42.3 Å². The van der Waals surface area contributed by atoms with Crippen LogP contribution in [-0.2, 0) is 19.1 Å². The van der Waals surface area contributed by atoms with E-state index in [0.717, 1.165) is 11.1 Å². The van der Waals surface area contributed by atoms with Crippen molar-refractivity contribution >= 4 is 34.6 Å². The molecule has 0 radical (unpaired) electrons. The number of esters is 1. The number of fused-ring (bicyclic) bond motifs is 1. The predicted octanol–water partition coefficient (Wildman–Crippen LogP) is 3.70. The highest BCUT2D eigenvalue weighted by atomic mass is 19.1. The van der Waals surface area contributed by atoms with E-state index in [9.17, 15) is 18.8 Å². The second-order valence-corrected chi connectivity index (χ2v) is 10.0. The number of nitrogens with zero attached hydrogens (tertiary/aromatic N) is 2. The maximum atomic E-state index is 13.6. The molecule has 2 aromatic carbocycles. The van der Waals surface area contributed by atoms with Crippen molar-refractivity contribution in [1.82, 2.24) is 9.80 Å². The van der Waals surface area contributed by atoms with E-state index in [2.05, 4.69) is 5.32 Å². The van der Waals surface area contributed by atoms with Crippen LogP contribution in [0.3, 0.4) is 0 Å². The zero-order valence-electron chi connectivity index (χ0n) is 21.7. The van der Waals surface area contributed by atoms with Crippen molar-refractivity contribution in [2.75, 3.05) is 44.6 Å². The molecular weight excluding hydrogens is 489 g/mol. The van der Waals surface area contributed by atoms with Crippen LogP contribution in [0.2, 0.25) is 0 Å². The van der Waals surface area contributed by atoms with Gasteiger partial charge in [-0.2, -0.15) is 0 Å². The number of rotatable bonds is 5. The van der Waals surface area contributed by atoms with Gasteiger partial charge in [0.25, 0.3) is 11.8 Å². The average molecular weight is 520 g/mol. The van der Waals surface area contributed by atoms with Crippen molar-refractivity contribution < 1.29 is 28.2 Å². The van der Waals surface area contributed by atoms with Crippen LogP contribution in [0.5, 0.6) is 0 Å². The Morgan fingerprint density at radius 3 is 2.47 bits per heavy atom. The van der Waals surface area contributed by atoms with Crippen LogP contribution in [0.25, 0.3) is 11.1 Å². The summed E-state index contributed by atoms with van der Waals surface area (Å²) in [5.74, 6) is -0.641. The number of allylic oxidation sites excluding steroid dienone is 1. The van der Waals surface area contributed by atoms with E-state index in [1.165, 1.54) is 12.1 Å². The minimum absolute atomic E-state index is 0.0579. The zero-order chi connectivity index (χ0) is 27.0. The highest BCUT2D eigenvalue weighted by Crippen LogP contribution is 2.44. The number of piperazine rings is 1. The molecule has 1 saturated heterocycles. The van der Waals surface area contributed by atoms with Crippen LogP contribution in [0.4, 0.5) is 10.1 Å². The molecule has 198 valence electrons. The number of benzene rings is 2. The van der Waals surface area contributed by atoms with Gasteiger partial charge in [0.05, 0.1) is 24.4 Å². The largest absolute Gasteiger partial charge is 0.482 e. The van der Waals surface area contributed by atoms with Crippen LogP contribution in [0.15, 0.2) is 54.3 Å². The number of anilines is 1. The van der Waals surface area contributed by atoms with E-state index in [0.29, 0.717) is 60.9 Å². The second-order valence-electron chi connectivity index (χ2n) is 10.0. The quantitative estimate of drug-likeness (QED) is 0.479. The number of carbonyl (C=O) groups excluding carboxylic acids is 3. The first-order valence-electron chi connectivity index (χ1n) is 12.7. The molecule has 38 heavy (non-hydrogen) atoms. The van der Waals surface area contributed by atoms with E-state index in [-0.39, 0.29) is 24.3 Å². The fourth-order valence-electron chi connectivity index (χ4n) is 5.08. The first kappa shape index (κ1) is 25.7. The summed E-state index contributed by atoms with van der Waals surface area (Å²) >= 11 is 0. The molecule has 0 unspecified atom stereocenters. The van der Waals surface area contributed by atoms with Crippen molar-refractivity contribution in [3.8, 4) is 0 Å². The molecule has 1 fully saturated rings. The molecule has 0 saturated carbocycles. The molecular formula is C29H30FN3O5. The van der Waals surface area contributed by atoms with Gasteiger partial charge in [0.2, 0.25) is 0 Å². The van der Waals surface area contributed by atoms with E-state index in [4.69, 9.17) is 9.47 Å². The lowest BCUT2D eigenvalue weighted by molar-refractivity contribution is -0.144. The Kier molecular flexibility index (Phi) is 6.79. The Labute approximate surface area is 220 Å². The molecule has 2 amide bonds. The molecule has 3 aliphatic heterocycles. The number of amides is 2. The molecule has 0 aromatic heterocycles. The molecule has 0 aliphatic carbocycles. The third-order valence-electron chi connectivity index (χ3n) is 7.02. The summed E-state index contributed by atoms with van der Waals surface area (Å²) in [7, 11) is 0. The van der Waals surface area contributed by atoms with Crippen molar-refractivity contribution in [3.63, 3.8) is 0 Å². The van der Waals surface area contributed by atoms with Crippen molar-refractivity contribution in [2.24, 2.45) is 0 Å². The third kappa shape index (κ3) is 4.93. The van der Waals surface area contributed by atoms with Crippen molar-refractivity contribution in [1.29, 1.82) is 0 Å². The number of carbonyl (C=O) groups is 3. The Morgan fingerprint density at radius 2 is 1.79 bits per heavy atom. The monoisotopic (exact) mass is 519 g/mol. The first-order chi connectivity index (χ1) is 18.2. The van der Waals surface area contributed by atoms with Gasteiger partial charge >= 0.3 is 5.97 Å². The van der Waals surface area contributed by atoms with Gasteiger partial charge in [0.1, 0.15) is 17.2 Å². The zero-order valence-corrected chi connectivity index (χ0v) is 21.7. The smallest absolute Gasteiger partial charge is 0.320 e. The summed E-state index contributed by atoms with van der Waals surface area (Å²) in [5, 5.41) is 2.70. The third-order valence-corrected chi connectivity index (χ3v) is 7.02. The predicted molar refractivity (Wildman–Crippen MR) is 141 cm³/mol. The summed E-state index contributed by atoms with van der Waals surface area (Å²) in [5.41, 5.74) is 3.00. The first-order valence-corrected chi connectivity index (χ1v) is 12.7. The highest BCUT2D eigenvalue weighted by molar-refractivity contribution is 6.32. The number of nitrogens with one attached hydrogen (secondary N) is 1. The lowest BCUT2D eigenvalue weighted by Gasteiger charge is -2.34. The number of halogens is 1. The summed E-state index contributed by atoms with van der Waals surface area (Å²) in [4.78, 5) is 41.3. The fraction of sp³-hybridized carbons (Fsp3) is 0.345. The summed E-state index contributed by atoms with van der Waals surface area (Å²) in [6.07, 6.45) is 1.84. The maximum absolute atomic E-state index is 13.6. The van der Waals surface area contributed by atoms with Gasteiger partial charge in [0.15, 0.2) is 0 Å². The summed E-state index contributed by atoms with van der Waals surface area (Å²) < 4.78 is 24.8. The summed E-state index contributed by atoms with van der Waals surface area (Å²) in [6, 6.07) is 11.5. The van der Waals surface area contributed by atoms with Gasteiger partial charge in [-0.05, 0) is 62.7 Å². The Bertz CT molecular complexity index is 1350. The minimum atomic E-state index is -0.716. The van der Waals surface area contributed by atoms with Crippen LogP contribution >= 0.6 is 0 Å². The molecule has 1 N–H and O–H groups in total. The van der Waals surface area contributed by atoms with Crippen LogP contribution in [0, 0.1) is 5.82 Å². The normalized spacial score (nSPS) is 20.5. The van der Waals surface area contributed by atoms with Crippen LogP contribution in [-0.4, -0.2) is 72.5 Å². The Morgan fingerprint density at radius 1 is 1.08 bits per heavy atom. The lowest BCUT2D eigenvalue weighted by atomic mass is 9.91. The fourth-order valence-corrected chi connectivity index (χ4v) is 5.08. The SMILES string of the molecule is CCOC(=O)CN1CCN(C(=O)c2ccc(C3=CC(=C4C(=O)Nc5cc(F)ccc54)OC3(C)C)cc2)CC1. The van der Waals surface area contributed by atoms with Gasteiger partial charge in [-0.25, -0.2) is 4.39 Å². The number of hydrogen-bond acceptors (Lipinski definition) is 6. The van der Waals surface area contributed by atoms with Gasteiger partial charge in [-0.15, -0.1) is 0 Å². The van der Waals surface area contributed by atoms with Gasteiger partial charge in [-0.1, -0.05) is 12.1 Å². The van der Waals surface area contributed by atoms with E-state index in [1.54, 1.807) is 30.0 Å². The molecule has 9 heteroatoms. The number of hydrogen-bond donors (Lipinski definition) is 1. The topological polar surface area (TPSA) is 88.2 Å². The molecule has 3 heterocycles. The number of ether oxygens (including phenoxy) is 2. The molecule has 0 spiro atoms. The molecule has 3 aliphatic rings. The molecule has 8 nitrogen and oxygen atoms in total. The Balaban J connectivity index is 1.31. The van der Waals surface area contributed by atoms with E-state index >= 15 is 0 Å². The molecule has 0 atom stereocenters. The van der Waals surface area contributed by atoms with Crippen LogP contribution < -0.4 is 5.32 Å². The standard InChI is InChI=1S/C29H30FN3O5/c1-4-37-25(34)17-32-11-13-33(14-12-32)28(36)19-7-5-18(6-8-19)22-16-24(38-29(22,2)3)26-21-10-9-20(30)15-23(21)31-27(26)35/h5-10,15-16H,4,11-14,17H2,1-3H3,(H,31,35). The Hall–Kier alpha value is -3.98. The van der Waals surface area contributed by atoms with Crippen molar-refractivity contribution in [3.05, 3.63) is 76.8 Å². The van der Waals surface area contributed by atoms with Crippen molar-refractivity contribution in [2.45, 2.75) is 26.4 Å². The molecule has 0 bridgehead atoms. The average Bonchev–Trinajstić information content (AvgIpc) is 3.38. The summed E-state index contributed by atoms with van der Waals surface area (Å²) in [6.45, 7) is 8.51. The second kappa shape index (κ2) is 10.1. The maximum Gasteiger partial charge on any atom is 0.320 e.